The Morgan fingerprint density at radius 3 is 2.94 bits per heavy atom. The van der Waals surface area contributed by atoms with Crippen molar-refractivity contribution in [2.24, 2.45) is 0 Å². The summed E-state index contributed by atoms with van der Waals surface area (Å²) in [5, 5.41) is 0. The fourth-order valence-corrected chi connectivity index (χ4v) is 2.38. The van der Waals surface area contributed by atoms with Gasteiger partial charge in [-0.1, -0.05) is 6.07 Å². The van der Waals surface area contributed by atoms with Crippen LogP contribution in [0.4, 0.5) is 0 Å². The van der Waals surface area contributed by atoms with E-state index in [4.69, 9.17) is 9.57 Å². The fourth-order valence-electron chi connectivity index (χ4n) is 2.38. The molecular weight excluding hydrogens is 202 g/mol. The van der Waals surface area contributed by atoms with Gasteiger partial charge in [0.15, 0.2) is 0 Å². The minimum atomic E-state index is 0.239. The average Bonchev–Trinajstić information content (AvgIpc) is 2.41. The van der Waals surface area contributed by atoms with Gasteiger partial charge in [0.1, 0.15) is 5.75 Å². The number of benzene rings is 1. The average molecular weight is 221 g/mol. The van der Waals surface area contributed by atoms with Crippen molar-refractivity contribution >= 4 is 0 Å². The molecule has 0 aliphatic carbocycles. The number of rotatable bonds is 2. The van der Waals surface area contributed by atoms with Crippen molar-refractivity contribution in [1.82, 2.24) is 5.48 Å². The number of hydrogen-bond donors (Lipinski definition) is 1. The van der Waals surface area contributed by atoms with Crippen molar-refractivity contribution < 1.29 is 9.57 Å². The Morgan fingerprint density at radius 2 is 2.19 bits per heavy atom. The zero-order chi connectivity index (χ0) is 11.5. The van der Waals surface area contributed by atoms with E-state index in [1.807, 2.05) is 0 Å². The zero-order valence-electron chi connectivity index (χ0n) is 10.2. The summed E-state index contributed by atoms with van der Waals surface area (Å²) in [4.78, 5) is 5.07. The van der Waals surface area contributed by atoms with Crippen molar-refractivity contribution in [3.8, 4) is 5.75 Å². The van der Waals surface area contributed by atoms with E-state index < -0.39 is 0 Å². The summed E-state index contributed by atoms with van der Waals surface area (Å²) in [5.74, 6) is 1.00. The van der Waals surface area contributed by atoms with Crippen LogP contribution in [0.1, 0.15) is 35.6 Å². The van der Waals surface area contributed by atoms with E-state index >= 15 is 0 Å². The van der Waals surface area contributed by atoms with Crippen LogP contribution in [0, 0.1) is 13.8 Å². The minimum Gasteiger partial charge on any atom is -0.493 e. The maximum absolute atomic E-state index is 5.79. The van der Waals surface area contributed by atoms with E-state index in [-0.39, 0.29) is 6.04 Å². The second-order valence-corrected chi connectivity index (χ2v) is 4.36. The summed E-state index contributed by atoms with van der Waals surface area (Å²) >= 11 is 0. The van der Waals surface area contributed by atoms with E-state index in [2.05, 4.69) is 31.5 Å². The van der Waals surface area contributed by atoms with Gasteiger partial charge in [-0.25, -0.2) is 0 Å². The first-order chi connectivity index (χ1) is 7.72. The van der Waals surface area contributed by atoms with Gasteiger partial charge in [0.2, 0.25) is 0 Å². The van der Waals surface area contributed by atoms with Crippen LogP contribution < -0.4 is 10.2 Å². The van der Waals surface area contributed by atoms with Crippen molar-refractivity contribution in [2.45, 2.75) is 32.7 Å². The van der Waals surface area contributed by atoms with Crippen molar-refractivity contribution in [2.75, 3.05) is 13.7 Å². The SMILES string of the molecule is CONC1CCCOc2cc(C)cc(C)c21. The first-order valence-electron chi connectivity index (χ1n) is 5.75. The second-order valence-electron chi connectivity index (χ2n) is 4.36. The molecule has 88 valence electrons. The van der Waals surface area contributed by atoms with Crippen LogP contribution in [0.3, 0.4) is 0 Å². The highest BCUT2D eigenvalue weighted by molar-refractivity contribution is 5.45. The monoisotopic (exact) mass is 221 g/mol. The van der Waals surface area contributed by atoms with Crippen molar-refractivity contribution in [1.29, 1.82) is 0 Å². The molecule has 2 rings (SSSR count). The summed E-state index contributed by atoms with van der Waals surface area (Å²) in [5.41, 5.74) is 6.82. The van der Waals surface area contributed by atoms with Crippen LogP contribution in [-0.2, 0) is 4.84 Å². The highest BCUT2D eigenvalue weighted by Gasteiger charge is 2.21. The molecule has 0 bridgehead atoms. The van der Waals surface area contributed by atoms with Crippen LogP contribution in [0.25, 0.3) is 0 Å². The largest absolute Gasteiger partial charge is 0.493 e. The molecule has 0 fully saturated rings. The molecule has 0 saturated heterocycles. The highest BCUT2D eigenvalue weighted by atomic mass is 16.6. The number of fused-ring (bicyclic) bond motifs is 1. The lowest BCUT2D eigenvalue weighted by Gasteiger charge is -2.19. The topological polar surface area (TPSA) is 30.5 Å². The van der Waals surface area contributed by atoms with E-state index in [0.717, 1.165) is 25.2 Å². The molecule has 1 atom stereocenters. The van der Waals surface area contributed by atoms with E-state index in [0.29, 0.717) is 0 Å². The van der Waals surface area contributed by atoms with Gasteiger partial charge >= 0.3 is 0 Å². The van der Waals surface area contributed by atoms with Crippen LogP contribution >= 0.6 is 0 Å². The Labute approximate surface area is 96.7 Å². The molecule has 1 aromatic carbocycles. The summed E-state index contributed by atoms with van der Waals surface area (Å²) in [6.45, 7) is 5.02. The molecule has 0 spiro atoms. The van der Waals surface area contributed by atoms with Gasteiger partial charge in [-0.05, 0) is 43.9 Å². The third kappa shape index (κ3) is 2.20. The second kappa shape index (κ2) is 4.85. The summed E-state index contributed by atoms with van der Waals surface area (Å²) in [7, 11) is 1.66. The Balaban J connectivity index is 2.43. The van der Waals surface area contributed by atoms with Gasteiger partial charge in [0.25, 0.3) is 0 Å². The van der Waals surface area contributed by atoms with Gasteiger partial charge in [-0.3, -0.25) is 0 Å². The lowest BCUT2D eigenvalue weighted by Crippen LogP contribution is -2.20. The number of nitrogens with one attached hydrogen (secondary N) is 1. The minimum absolute atomic E-state index is 0.239. The van der Waals surface area contributed by atoms with Gasteiger partial charge < -0.3 is 9.57 Å². The fraction of sp³-hybridized carbons (Fsp3) is 0.538. The molecule has 1 aliphatic rings. The summed E-state index contributed by atoms with van der Waals surface area (Å²) < 4.78 is 5.79. The standard InChI is InChI=1S/C13H19NO2/c1-9-7-10(2)13-11(14-15-3)5-4-6-16-12(13)8-9/h7-8,11,14H,4-6H2,1-3H3. The molecule has 1 heterocycles. The van der Waals surface area contributed by atoms with Gasteiger partial charge in [-0.15, -0.1) is 0 Å². The Hall–Kier alpha value is -1.06. The van der Waals surface area contributed by atoms with Crippen molar-refractivity contribution in [3.05, 3.63) is 28.8 Å². The predicted octanol–water partition coefficient (Wildman–Crippen LogP) is 2.67. The van der Waals surface area contributed by atoms with Crippen molar-refractivity contribution in [3.63, 3.8) is 0 Å². The highest BCUT2D eigenvalue weighted by Crippen LogP contribution is 2.34. The van der Waals surface area contributed by atoms with E-state index in [1.54, 1.807) is 7.11 Å². The van der Waals surface area contributed by atoms with Crippen LogP contribution in [0.2, 0.25) is 0 Å². The number of ether oxygens (including phenoxy) is 1. The van der Waals surface area contributed by atoms with E-state index in [1.165, 1.54) is 16.7 Å². The lowest BCUT2D eigenvalue weighted by molar-refractivity contribution is 0.0578. The van der Waals surface area contributed by atoms with E-state index in [9.17, 15) is 0 Å². The third-order valence-corrected chi connectivity index (χ3v) is 3.00. The predicted molar refractivity (Wildman–Crippen MR) is 63.5 cm³/mol. The molecular formula is C13H19NO2. The molecule has 3 nitrogen and oxygen atoms in total. The molecule has 0 saturated carbocycles. The lowest BCUT2D eigenvalue weighted by atomic mass is 9.96. The van der Waals surface area contributed by atoms with Gasteiger partial charge in [-0.2, -0.15) is 5.48 Å². The Bertz CT molecular complexity index is 376. The molecule has 1 unspecified atom stereocenters. The molecule has 0 amide bonds. The first kappa shape index (κ1) is 11.4. The molecule has 16 heavy (non-hydrogen) atoms. The Kier molecular flexibility index (Phi) is 3.46. The first-order valence-corrected chi connectivity index (χ1v) is 5.75. The smallest absolute Gasteiger partial charge is 0.124 e. The number of hydroxylamine groups is 1. The van der Waals surface area contributed by atoms with Crippen LogP contribution in [0.15, 0.2) is 12.1 Å². The molecule has 0 radical (unpaired) electrons. The maximum atomic E-state index is 5.79. The molecule has 1 N–H and O–H groups in total. The van der Waals surface area contributed by atoms with Gasteiger partial charge in [0.05, 0.1) is 19.8 Å². The maximum Gasteiger partial charge on any atom is 0.124 e. The zero-order valence-corrected chi connectivity index (χ0v) is 10.2. The molecule has 3 heteroatoms. The molecule has 0 aromatic heterocycles. The Morgan fingerprint density at radius 1 is 1.38 bits per heavy atom. The number of aryl methyl sites for hydroxylation is 2. The van der Waals surface area contributed by atoms with Crippen LogP contribution in [-0.4, -0.2) is 13.7 Å². The quantitative estimate of drug-likeness (QED) is 0.779. The van der Waals surface area contributed by atoms with Crippen LogP contribution in [0.5, 0.6) is 5.75 Å². The molecule has 1 aliphatic heterocycles. The number of hydrogen-bond acceptors (Lipinski definition) is 3. The normalized spacial score (nSPS) is 19.8. The molecule has 1 aromatic rings. The summed E-state index contributed by atoms with van der Waals surface area (Å²) in [6.07, 6.45) is 2.10. The van der Waals surface area contributed by atoms with Gasteiger partial charge in [0, 0.05) is 5.56 Å². The summed E-state index contributed by atoms with van der Waals surface area (Å²) in [6, 6.07) is 4.54. The third-order valence-electron chi connectivity index (χ3n) is 3.00.